The zero-order valence-corrected chi connectivity index (χ0v) is 19.1. The predicted octanol–water partition coefficient (Wildman–Crippen LogP) is 6.48. The van der Waals surface area contributed by atoms with Crippen LogP contribution in [0.2, 0.25) is 39.3 Å². The molecule has 0 spiro atoms. The van der Waals surface area contributed by atoms with E-state index in [9.17, 15) is 0 Å². The molecule has 0 radical (unpaired) electrons. The summed E-state index contributed by atoms with van der Waals surface area (Å²) in [4.78, 5) is 0. The van der Waals surface area contributed by atoms with Gasteiger partial charge in [0.05, 0.1) is 0 Å². The number of rotatable bonds is 2. The van der Waals surface area contributed by atoms with Gasteiger partial charge in [0, 0.05) is 16.1 Å². The first-order valence-electron chi connectivity index (χ1n) is 7.15. The van der Waals surface area contributed by atoms with E-state index in [1.807, 2.05) is 0 Å². The van der Waals surface area contributed by atoms with E-state index in [0.29, 0.717) is 0 Å². The van der Waals surface area contributed by atoms with Gasteiger partial charge in [0.1, 0.15) is 0 Å². The van der Waals surface area contributed by atoms with Crippen LogP contribution in [0.5, 0.6) is 0 Å². The summed E-state index contributed by atoms with van der Waals surface area (Å²) in [6.07, 6.45) is 17.6. The molecule has 2 aliphatic rings. The Labute approximate surface area is 150 Å². The van der Waals surface area contributed by atoms with E-state index >= 15 is 0 Å². The van der Waals surface area contributed by atoms with E-state index in [1.165, 1.54) is 10.4 Å². The Bertz CT molecular complexity index is 385. The van der Waals surface area contributed by atoms with E-state index in [4.69, 9.17) is 18.6 Å². The molecule has 2 aliphatic carbocycles. The van der Waals surface area contributed by atoms with Gasteiger partial charge in [-0.15, -0.1) is 12.8 Å². The molecule has 0 fully saturated rings. The summed E-state index contributed by atoms with van der Waals surface area (Å²) >= 11 is -0.556. The Hall–Kier alpha value is 0.688. The van der Waals surface area contributed by atoms with Crippen molar-refractivity contribution in [2.24, 2.45) is 0 Å². The molecular weight excluding hydrogens is 367 g/mol. The van der Waals surface area contributed by atoms with E-state index in [1.54, 1.807) is 0 Å². The second kappa shape index (κ2) is 10.5. The van der Waals surface area contributed by atoms with Gasteiger partial charge in [-0.2, -0.15) is 12.2 Å². The standard InChI is InChI=1S/2C8H13Si.2ClH.Ti/c2*1-9(2,3)8-6-4-5-7-8;;;/h2*4,6H,5H2,1-3H3;2*1H;/q2*-1;;;+2/p-2. The van der Waals surface area contributed by atoms with Crippen LogP contribution in [-0.2, 0) is 17.0 Å². The van der Waals surface area contributed by atoms with Crippen LogP contribution in [0.25, 0.3) is 0 Å². The van der Waals surface area contributed by atoms with Crippen molar-refractivity contribution in [3.05, 3.63) is 46.8 Å². The van der Waals surface area contributed by atoms with E-state index in [2.05, 4.69) is 75.7 Å². The molecule has 118 valence electrons. The summed E-state index contributed by atoms with van der Waals surface area (Å²) in [5, 5.41) is 2.98. The Morgan fingerprint density at radius 2 is 1.10 bits per heavy atom. The van der Waals surface area contributed by atoms with Crippen LogP contribution in [0, 0.1) is 12.2 Å². The van der Waals surface area contributed by atoms with Crippen LogP contribution in [0.1, 0.15) is 12.8 Å². The second-order valence-electron chi connectivity index (χ2n) is 6.97. The summed E-state index contributed by atoms with van der Waals surface area (Å²) in [6.45, 7) is 14.1. The third-order valence-electron chi connectivity index (χ3n) is 3.01. The maximum absolute atomic E-state index is 4.89. The third kappa shape index (κ3) is 10.1. The van der Waals surface area contributed by atoms with Crippen molar-refractivity contribution in [1.29, 1.82) is 0 Å². The molecule has 0 amide bonds. The zero-order valence-electron chi connectivity index (χ0n) is 14.0. The molecule has 0 unspecified atom stereocenters. The molecule has 2 rings (SSSR count). The minimum atomic E-state index is -1.01. The molecule has 0 aromatic heterocycles. The van der Waals surface area contributed by atoms with Gasteiger partial charge in [-0.1, -0.05) is 39.3 Å². The molecule has 0 atom stereocenters. The van der Waals surface area contributed by atoms with E-state index in [0.717, 1.165) is 12.8 Å². The monoisotopic (exact) mass is 392 g/mol. The van der Waals surface area contributed by atoms with Crippen molar-refractivity contribution in [2.45, 2.75) is 52.1 Å². The van der Waals surface area contributed by atoms with E-state index in [-0.39, 0.29) is 0 Å². The molecule has 0 saturated carbocycles. The molecule has 0 heterocycles. The van der Waals surface area contributed by atoms with E-state index < -0.39 is 33.2 Å². The fraction of sp³-hybridized carbons (Fsp3) is 0.500. The quantitative estimate of drug-likeness (QED) is 0.372. The summed E-state index contributed by atoms with van der Waals surface area (Å²) in [7, 11) is 7.77. The summed E-state index contributed by atoms with van der Waals surface area (Å²) in [5.41, 5.74) is 0. The Morgan fingerprint density at radius 1 is 0.810 bits per heavy atom. The SMILES string of the molecule is C[Si](C)(C)C1=[C-]CC=C1.C[Si](C)(C)C1=[C-]CC=C1.[Cl][Ti][Cl]. The maximum atomic E-state index is 4.89. The van der Waals surface area contributed by atoms with Crippen LogP contribution in [0.15, 0.2) is 34.7 Å². The first kappa shape index (κ1) is 21.7. The summed E-state index contributed by atoms with van der Waals surface area (Å²) < 4.78 is 0. The van der Waals surface area contributed by atoms with Crippen molar-refractivity contribution >= 4 is 34.8 Å². The Balaban J connectivity index is 0.000000322. The fourth-order valence-corrected chi connectivity index (χ4v) is 4.34. The number of allylic oxidation sites excluding steroid dienone is 8. The fourth-order valence-electron chi connectivity index (χ4n) is 1.84. The molecule has 0 aliphatic heterocycles. The molecule has 0 nitrogen and oxygen atoms in total. The van der Waals surface area contributed by atoms with Crippen LogP contribution in [0.4, 0.5) is 0 Å². The van der Waals surface area contributed by atoms with Gasteiger partial charge in [-0.05, 0) is 0 Å². The molecule has 0 N–H and O–H groups in total. The molecule has 0 aromatic carbocycles. The zero-order chi connectivity index (χ0) is 16.5. The number of hydrogen-bond acceptors (Lipinski definition) is 0. The Morgan fingerprint density at radius 3 is 1.19 bits per heavy atom. The first-order chi connectivity index (χ1) is 9.62. The first-order valence-corrected chi connectivity index (χ1v) is 18.4. The van der Waals surface area contributed by atoms with Gasteiger partial charge in [0.15, 0.2) is 0 Å². The van der Waals surface area contributed by atoms with Gasteiger partial charge < -0.3 is 0 Å². The van der Waals surface area contributed by atoms with Crippen molar-refractivity contribution in [1.82, 2.24) is 0 Å². The van der Waals surface area contributed by atoms with Gasteiger partial charge in [-0.3, -0.25) is 12.2 Å². The van der Waals surface area contributed by atoms with Crippen molar-refractivity contribution < 1.29 is 17.0 Å². The van der Waals surface area contributed by atoms with Gasteiger partial charge >= 0.3 is 35.6 Å². The van der Waals surface area contributed by atoms with Crippen molar-refractivity contribution in [2.75, 3.05) is 0 Å². The molecule has 0 aromatic rings. The third-order valence-corrected chi connectivity index (χ3v) is 6.92. The molecule has 0 saturated heterocycles. The van der Waals surface area contributed by atoms with Crippen molar-refractivity contribution in [3.63, 3.8) is 0 Å². The van der Waals surface area contributed by atoms with Crippen LogP contribution < -0.4 is 0 Å². The van der Waals surface area contributed by atoms with Gasteiger partial charge in [0.2, 0.25) is 0 Å². The minimum absolute atomic E-state index is 0.556. The average molecular weight is 393 g/mol. The van der Waals surface area contributed by atoms with Crippen molar-refractivity contribution in [3.8, 4) is 0 Å². The summed E-state index contributed by atoms with van der Waals surface area (Å²) in [5.74, 6) is 0. The second-order valence-corrected chi connectivity index (χ2v) is 19.6. The van der Waals surface area contributed by atoms with Crippen LogP contribution >= 0.6 is 18.6 Å². The van der Waals surface area contributed by atoms with Crippen LogP contribution in [0.3, 0.4) is 0 Å². The van der Waals surface area contributed by atoms with Crippen LogP contribution in [-0.4, -0.2) is 16.1 Å². The molecule has 21 heavy (non-hydrogen) atoms. The van der Waals surface area contributed by atoms with Gasteiger partial charge in [-0.25, -0.2) is 22.5 Å². The number of halogens is 2. The number of hydrogen-bond donors (Lipinski definition) is 0. The Kier molecular flexibility index (Phi) is 10.8. The topological polar surface area (TPSA) is 0 Å². The normalized spacial score (nSPS) is 16.4. The average Bonchev–Trinajstić information content (AvgIpc) is 3.03. The summed E-state index contributed by atoms with van der Waals surface area (Å²) in [6, 6.07) is 0. The molecule has 5 heteroatoms. The molecule has 0 bridgehead atoms. The van der Waals surface area contributed by atoms with Gasteiger partial charge in [0.25, 0.3) is 0 Å². The molecular formula is C16H26Cl2Si2Ti-2. The predicted molar refractivity (Wildman–Crippen MR) is 99.4 cm³/mol.